The molecular weight excluding hydrogens is 306 g/mol. The van der Waals surface area contributed by atoms with E-state index in [9.17, 15) is 9.90 Å². The highest BCUT2D eigenvalue weighted by atomic mass is 79.9. The molecule has 98 valence electrons. The van der Waals surface area contributed by atoms with Crippen LogP contribution >= 0.6 is 15.9 Å². The molecule has 1 N–H and O–H groups in total. The fraction of sp³-hybridized carbons (Fsp3) is 0.133. The largest absolute Gasteiger partial charge is 0.508 e. The minimum Gasteiger partial charge on any atom is -0.508 e. The van der Waals surface area contributed by atoms with Crippen LogP contribution in [0.25, 0.3) is 0 Å². The molecule has 0 aromatic heterocycles. The zero-order valence-electron chi connectivity index (χ0n) is 10.5. The third-order valence-corrected chi connectivity index (χ3v) is 3.31. The Morgan fingerprint density at radius 3 is 2.63 bits per heavy atom. The zero-order chi connectivity index (χ0) is 13.8. The van der Waals surface area contributed by atoms with Crippen LogP contribution in [-0.4, -0.2) is 23.0 Å². The van der Waals surface area contributed by atoms with Crippen molar-refractivity contribution in [1.82, 2.24) is 4.90 Å². The van der Waals surface area contributed by atoms with Crippen molar-refractivity contribution in [2.24, 2.45) is 0 Å². The molecule has 0 radical (unpaired) electrons. The average Bonchev–Trinajstić information content (AvgIpc) is 2.40. The molecule has 0 spiro atoms. The first kappa shape index (κ1) is 13.6. The summed E-state index contributed by atoms with van der Waals surface area (Å²) in [6.45, 7) is 0.373. The van der Waals surface area contributed by atoms with E-state index in [4.69, 9.17) is 0 Å². The van der Waals surface area contributed by atoms with Crippen LogP contribution < -0.4 is 0 Å². The molecule has 2 aromatic rings. The van der Waals surface area contributed by atoms with Crippen LogP contribution in [0.4, 0.5) is 0 Å². The summed E-state index contributed by atoms with van der Waals surface area (Å²) in [4.78, 5) is 13.8. The quantitative estimate of drug-likeness (QED) is 0.941. The molecule has 4 heteroatoms. The molecule has 0 atom stereocenters. The van der Waals surface area contributed by atoms with Crippen molar-refractivity contribution >= 4 is 21.8 Å². The standard InChI is InChI=1S/C15H14BrNO2/c1-17(10-12-5-2-3-8-14(12)18)15(19)11-6-4-7-13(16)9-11/h2-9,18H,10H2,1H3. The van der Waals surface area contributed by atoms with Gasteiger partial charge in [0.05, 0.1) is 0 Å². The van der Waals surface area contributed by atoms with Crippen LogP contribution in [0.5, 0.6) is 5.75 Å². The number of phenols is 1. The summed E-state index contributed by atoms with van der Waals surface area (Å²) in [6.07, 6.45) is 0. The Kier molecular flexibility index (Phi) is 4.22. The van der Waals surface area contributed by atoms with Crippen molar-refractivity contribution in [3.8, 4) is 5.75 Å². The van der Waals surface area contributed by atoms with E-state index >= 15 is 0 Å². The van der Waals surface area contributed by atoms with Gasteiger partial charge in [0.2, 0.25) is 0 Å². The lowest BCUT2D eigenvalue weighted by Crippen LogP contribution is -2.26. The summed E-state index contributed by atoms with van der Waals surface area (Å²) in [5, 5.41) is 9.71. The highest BCUT2D eigenvalue weighted by Gasteiger charge is 2.13. The van der Waals surface area contributed by atoms with E-state index in [1.807, 2.05) is 18.2 Å². The number of para-hydroxylation sites is 1. The number of hydrogen-bond donors (Lipinski definition) is 1. The molecule has 0 aliphatic rings. The van der Waals surface area contributed by atoms with Crippen LogP contribution in [0, 0.1) is 0 Å². The number of amides is 1. The number of phenolic OH excluding ortho intramolecular Hbond substituents is 1. The normalized spacial score (nSPS) is 10.2. The van der Waals surface area contributed by atoms with Crippen molar-refractivity contribution < 1.29 is 9.90 Å². The molecule has 0 aliphatic carbocycles. The molecule has 3 nitrogen and oxygen atoms in total. The van der Waals surface area contributed by atoms with Crippen LogP contribution in [0.15, 0.2) is 53.0 Å². The number of carbonyl (C=O) groups excluding carboxylic acids is 1. The molecule has 0 fully saturated rings. The van der Waals surface area contributed by atoms with E-state index in [0.29, 0.717) is 12.1 Å². The topological polar surface area (TPSA) is 40.5 Å². The van der Waals surface area contributed by atoms with Crippen LogP contribution in [0.2, 0.25) is 0 Å². The van der Waals surface area contributed by atoms with E-state index in [-0.39, 0.29) is 11.7 Å². The van der Waals surface area contributed by atoms with Crippen molar-refractivity contribution in [2.45, 2.75) is 6.54 Å². The highest BCUT2D eigenvalue weighted by molar-refractivity contribution is 9.10. The predicted octanol–water partition coefficient (Wildman–Crippen LogP) is 3.43. The molecule has 0 saturated carbocycles. The second kappa shape index (κ2) is 5.89. The van der Waals surface area contributed by atoms with Gasteiger partial charge in [-0.2, -0.15) is 0 Å². The minimum absolute atomic E-state index is 0.0791. The van der Waals surface area contributed by atoms with Gasteiger partial charge < -0.3 is 10.0 Å². The summed E-state index contributed by atoms with van der Waals surface area (Å²) in [6, 6.07) is 14.3. The molecule has 2 rings (SSSR count). The van der Waals surface area contributed by atoms with Gasteiger partial charge in [0.25, 0.3) is 5.91 Å². The van der Waals surface area contributed by atoms with E-state index < -0.39 is 0 Å². The SMILES string of the molecule is CN(Cc1ccccc1O)C(=O)c1cccc(Br)c1. The molecule has 0 saturated heterocycles. The lowest BCUT2D eigenvalue weighted by molar-refractivity contribution is 0.0784. The van der Waals surface area contributed by atoms with Gasteiger partial charge in [0.15, 0.2) is 0 Å². The van der Waals surface area contributed by atoms with E-state index in [1.54, 1.807) is 42.3 Å². The molecule has 0 heterocycles. The maximum atomic E-state index is 12.2. The Morgan fingerprint density at radius 2 is 1.95 bits per heavy atom. The lowest BCUT2D eigenvalue weighted by Gasteiger charge is -2.18. The van der Waals surface area contributed by atoms with Crippen molar-refractivity contribution in [3.63, 3.8) is 0 Å². The van der Waals surface area contributed by atoms with Gasteiger partial charge in [-0.3, -0.25) is 4.79 Å². The van der Waals surface area contributed by atoms with E-state index in [2.05, 4.69) is 15.9 Å². The number of nitrogens with zero attached hydrogens (tertiary/aromatic N) is 1. The van der Waals surface area contributed by atoms with Crippen LogP contribution in [0.3, 0.4) is 0 Å². The van der Waals surface area contributed by atoms with Crippen LogP contribution in [-0.2, 0) is 6.54 Å². The summed E-state index contributed by atoms with van der Waals surface area (Å²) < 4.78 is 0.870. The van der Waals surface area contributed by atoms with Gasteiger partial charge in [-0.05, 0) is 24.3 Å². The zero-order valence-corrected chi connectivity index (χ0v) is 12.1. The Hall–Kier alpha value is -1.81. The number of benzene rings is 2. The summed E-state index contributed by atoms with van der Waals surface area (Å²) in [5.41, 5.74) is 1.35. The van der Waals surface area contributed by atoms with Gasteiger partial charge in [0, 0.05) is 29.2 Å². The third-order valence-electron chi connectivity index (χ3n) is 2.82. The number of halogens is 1. The second-order valence-corrected chi connectivity index (χ2v) is 5.22. The predicted molar refractivity (Wildman–Crippen MR) is 78.0 cm³/mol. The Morgan fingerprint density at radius 1 is 1.21 bits per heavy atom. The van der Waals surface area contributed by atoms with Gasteiger partial charge in [-0.15, -0.1) is 0 Å². The van der Waals surface area contributed by atoms with Gasteiger partial charge in [0.1, 0.15) is 5.75 Å². The molecule has 2 aromatic carbocycles. The third kappa shape index (κ3) is 3.35. The summed E-state index contributed by atoms with van der Waals surface area (Å²) in [7, 11) is 1.72. The second-order valence-electron chi connectivity index (χ2n) is 4.30. The number of aromatic hydroxyl groups is 1. The lowest BCUT2D eigenvalue weighted by atomic mass is 10.1. The number of rotatable bonds is 3. The monoisotopic (exact) mass is 319 g/mol. The first-order valence-electron chi connectivity index (χ1n) is 5.86. The number of hydrogen-bond acceptors (Lipinski definition) is 2. The minimum atomic E-state index is -0.0791. The fourth-order valence-electron chi connectivity index (χ4n) is 1.81. The first-order chi connectivity index (χ1) is 9.08. The van der Waals surface area contributed by atoms with Crippen molar-refractivity contribution in [1.29, 1.82) is 0 Å². The van der Waals surface area contributed by atoms with Gasteiger partial charge >= 0.3 is 0 Å². The highest BCUT2D eigenvalue weighted by Crippen LogP contribution is 2.19. The molecule has 1 amide bonds. The number of carbonyl (C=O) groups is 1. The first-order valence-corrected chi connectivity index (χ1v) is 6.65. The molecule has 0 unspecified atom stereocenters. The summed E-state index contributed by atoms with van der Waals surface area (Å²) in [5.74, 6) is 0.126. The molecule has 0 aliphatic heterocycles. The molecule has 19 heavy (non-hydrogen) atoms. The maximum absolute atomic E-state index is 12.2. The fourth-order valence-corrected chi connectivity index (χ4v) is 2.21. The van der Waals surface area contributed by atoms with E-state index in [1.165, 1.54) is 0 Å². The van der Waals surface area contributed by atoms with E-state index in [0.717, 1.165) is 10.0 Å². The van der Waals surface area contributed by atoms with Crippen molar-refractivity contribution in [2.75, 3.05) is 7.05 Å². The smallest absolute Gasteiger partial charge is 0.253 e. The maximum Gasteiger partial charge on any atom is 0.253 e. The Bertz CT molecular complexity index is 598. The molecule has 0 bridgehead atoms. The molecular formula is C15H14BrNO2. The van der Waals surface area contributed by atoms with Gasteiger partial charge in [-0.25, -0.2) is 0 Å². The van der Waals surface area contributed by atoms with Crippen molar-refractivity contribution in [3.05, 3.63) is 64.1 Å². The summed E-state index contributed by atoms with van der Waals surface area (Å²) >= 11 is 3.35. The Labute approximate surface area is 120 Å². The Balaban J connectivity index is 2.14. The average molecular weight is 320 g/mol. The van der Waals surface area contributed by atoms with Gasteiger partial charge in [-0.1, -0.05) is 40.2 Å². The van der Waals surface area contributed by atoms with Crippen LogP contribution in [0.1, 0.15) is 15.9 Å².